The van der Waals surface area contributed by atoms with Crippen LogP contribution in [0.25, 0.3) is 6.08 Å². The molecule has 0 aliphatic carbocycles. The average Bonchev–Trinajstić information content (AvgIpc) is 3.08. The molecule has 156 valence electrons. The van der Waals surface area contributed by atoms with Crippen LogP contribution >= 0.6 is 50.9 Å². The number of hydrogen-bond acceptors (Lipinski definition) is 4. The molecule has 0 aromatic heterocycles. The highest BCUT2D eigenvalue weighted by Crippen LogP contribution is 2.32. The predicted molar refractivity (Wildman–Crippen MR) is 132 cm³/mol. The number of amides is 1. The fourth-order valence-corrected chi connectivity index (χ4v) is 4.30. The zero-order chi connectivity index (χ0) is 21.8. The number of ether oxygens (including phenoxy) is 1. The highest BCUT2D eigenvalue weighted by molar-refractivity contribution is 9.10. The molecule has 0 saturated carbocycles. The number of nitrogens with one attached hydrogen (secondary N) is 1. The summed E-state index contributed by atoms with van der Waals surface area (Å²) in [5, 5.41) is 4.51. The fourth-order valence-electron chi connectivity index (χ4n) is 2.81. The largest absolute Gasteiger partial charge is 0.488 e. The predicted octanol–water partition coefficient (Wildman–Crippen LogP) is 7.23. The molecule has 4 rings (SSSR count). The quantitative estimate of drug-likeness (QED) is 0.352. The van der Waals surface area contributed by atoms with Crippen LogP contribution in [0.3, 0.4) is 0 Å². The van der Waals surface area contributed by atoms with Crippen molar-refractivity contribution in [1.29, 1.82) is 0 Å². The minimum Gasteiger partial charge on any atom is -0.488 e. The Bertz CT molecular complexity index is 1200. The molecule has 0 atom stereocenters. The lowest BCUT2D eigenvalue weighted by atomic mass is 10.1. The molecule has 31 heavy (non-hydrogen) atoms. The fraction of sp³-hybridized carbons (Fsp3) is 0.0435. The van der Waals surface area contributed by atoms with Crippen LogP contribution in [0.5, 0.6) is 5.75 Å². The zero-order valence-electron chi connectivity index (χ0n) is 15.9. The average molecular weight is 534 g/mol. The van der Waals surface area contributed by atoms with Gasteiger partial charge in [-0.05, 0) is 78.0 Å². The first-order chi connectivity index (χ1) is 15.0. The first kappa shape index (κ1) is 22.0. The van der Waals surface area contributed by atoms with E-state index in [-0.39, 0.29) is 5.91 Å². The number of amidine groups is 1. The molecule has 8 heteroatoms. The molecule has 4 nitrogen and oxygen atoms in total. The van der Waals surface area contributed by atoms with Gasteiger partial charge in [0.05, 0.1) is 10.6 Å². The van der Waals surface area contributed by atoms with Crippen LogP contribution in [0.4, 0.5) is 5.69 Å². The van der Waals surface area contributed by atoms with Crippen LogP contribution in [0.1, 0.15) is 11.1 Å². The minimum absolute atomic E-state index is 0.221. The van der Waals surface area contributed by atoms with Gasteiger partial charge in [-0.25, -0.2) is 4.99 Å². The molecule has 1 amide bonds. The van der Waals surface area contributed by atoms with E-state index in [4.69, 9.17) is 27.9 Å². The van der Waals surface area contributed by atoms with E-state index in [1.807, 2.05) is 48.5 Å². The number of aliphatic imine (C=N–C) groups is 1. The van der Waals surface area contributed by atoms with Gasteiger partial charge in [-0.1, -0.05) is 51.3 Å². The lowest BCUT2D eigenvalue weighted by Gasteiger charge is -2.10. The molecule has 0 radical (unpaired) electrons. The van der Waals surface area contributed by atoms with Crippen molar-refractivity contribution >= 4 is 73.7 Å². The maximum atomic E-state index is 12.5. The van der Waals surface area contributed by atoms with Crippen LogP contribution in [-0.2, 0) is 11.4 Å². The van der Waals surface area contributed by atoms with E-state index in [1.165, 1.54) is 11.8 Å². The molecule has 0 unspecified atom stereocenters. The summed E-state index contributed by atoms with van der Waals surface area (Å²) < 4.78 is 6.94. The van der Waals surface area contributed by atoms with E-state index in [0.717, 1.165) is 15.7 Å². The number of thioether (sulfide) groups is 1. The number of halogens is 3. The van der Waals surface area contributed by atoms with Gasteiger partial charge in [-0.3, -0.25) is 4.79 Å². The van der Waals surface area contributed by atoms with Crippen molar-refractivity contribution in [3.63, 3.8) is 0 Å². The summed E-state index contributed by atoms with van der Waals surface area (Å²) in [5.41, 5.74) is 2.40. The Labute approximate surface area is 202 Å². The number of hydrogen-bond donors (Lipinski definition) is 1. The van der Waals surface area contributed by atoms with Gasteiger partial charge in [-0.2, -0.15) is 0 Å². The van der Waals surface area contributed by atoms with Gasteiger partial charge in [0, 0.05) is 20.1 Å². The Kier molecular flexibility index (Phi) is 7.02. The van der Waals surface area contributed by atoms with Crippen molar-refractivity contribution in [3.8, 4) is 5.75 Å². The number of carbonyl (C=O) groups excluding carboxylic acids is 1. The maximum Gasteiger partial charge on any atom is 0.264 e. The smallest absolute Gasteiger partial charge is 0.264 e. The molecule has 1 N–H and O–H groups in total. The van der Waals surface area contributed by atoms with Crippen molar-refractivity contribution in [3.05, 3.63) is 97.3 Å². The van der Waals surface area contributed by atoms with Crippen LogP contribution in [0, 0.1) is 0 Å². The van der Waals surface area contributed by atoms with E-state index < -0.39 is 0 Å². The molecule has 1 fully saturated rings. The summed E-state index contributed by atoms with van der Waals surface area (Å²) in [6.45, 7) is 0.341. The zero-order valence-corrected chi connectivity index (χ0v) is 19.9. The number of rotatable bonds is 5. The molecule has 1 heterocycles. The van der Waals surface area contributed by atoms with E-state index in [2.05, 4.69) is 26.2 Å². The van der Waals surface area contributed by atoms with Gasteiger partial charge in [0.1, 0.15) is 12.4 Å². The number of nitrogens with zero attached hydrogens (tertiary/aromatic N) is 1. The van der Waals surface area contributed by atoms with E-state index in [1.54, 1.807) is 24.3 Å². The minimum atomic E-state index is -0.221. The van der Waals surface area contributed by atoms with E-state index in [9.17, 15) is 4.79 Å². The molecule has 3 aromatic carbocycles. The molecule has 3 aromatic rings. The topological polar surface area (TPSA) is 50.7 Å². The standard InChI is InChI=1S/C23H15BrCl2N2O2S/c24-16-4-7-19(8-5-16)27-23-28-22(29)21(31-23)12-15-11-18(26)6-9-20(15)30-13-14-2-1-3-17(25)10-14/h1-12H,13H2,(H,27,28,29)/b21-12-. The van der Waals surface area contributed by atoms with Crippen LogP contribution in [-0.4, -0.2) is 11.1 Å². The Morgan fingerprint density at radius 3 is 2.58 bits per heavy atom. The SMILES string of the molecule is O=C1NC(=Nc2ccc(Br)cc2)S/C1=C\c1cc(Cl)ccc1OCc1cccc(Cl)c1. The Hall–Kier alpha value is -2.25. The van der Waals surface area contributed by atoms with Crippen molar-refractivity contribution in [1.82, 2.24) is 5.32 Å². The third kappa shape index (κ3) is 5.92. The Morgan fingerprint density at radius 2 is 1.81 bits per heavy atom. The van der Waals surface area contributed by atoms with Crippen molar-refractivity contribution in [2.75, 3.05) is 0 Å². The lowest BCUT2D eigenvalue weighted by molar-refractivity contribution is -0.115. The second kappa shape index (κ2) is 9.92. The third-order valence-electron chi connectivity index (χ3n) is 4.25. The van der Waals surface area contributed by atoms with E-state index >= 15 is 0 Å². The number of carbonyl (C=O) groups is 1. The normalized spacial score (nSPS) is 16.0. The van der Waals surface area contributed by atoms with Gasteiger partial charge >= 0.3 is 0 Å². The van der Waals surface area contributed by atoms with E-state index in [0.29, 0.717) is 38.0 Å². The van der Waals surface area contributed by atoms with Gasteiger partial charge in [0.25, 0.3) is 5.91 Å². The summed E-state index contributed by atoms with van der Waals surface area (Å²) in [7, 11) is 0. The second-order valence-electron chi connectivity index (χ2n) is 6.56. The molecular formula is C23H15BrCl2N2O2S. The summed E-state index contributed by atoms with van der Waals surface area (Å²) >= 11 is 16.9. The third-order valence-corrected chi connectivity index (χ3v) is 6.16. The summed E-state index contributed by atoms with van der Waals surface area (Å²) in [4.78, 5) is 17.5. The molecule has 1 saturated heterocycles. The summed E-state index contributed by atoms with van der Waals surface area (Å²) in [6, 6.07) is 20.3. The summed E-state index contributed by atoms with van der Waals surface area (Å²) in [6.07, 6.45) is 1.75. The monoisotopic (exact) mass is 532 g/mol. The molecular weight excluding hydrogens is 519 g/mol. The maximum absolute atomic E-state index is 12.5. The van der Waals surface area contributed by atoms with Crippen molar-refractivity contribution in [2.24, 2.45) is 4.99 Å². The Balaban J connectivity index is 1.55. The van der Waals surface area contributed by atoms with Gasteiger partial charge in [-0.15, -0.1) is 0 Å². The highest BCUT2D eigenvalue weighted by Gasteiger charge is 2.24. The first-order valence-electron chi connectivity index (χ1n) is 9.18. The van der Waals surface area contributed by atoms with Gasteiger partial charge in [0.15, 0.2) is 5.17 Å². The van der Waals surface area contributed by atoms with Crippen molar-refractivity contribution in [2.45, 2.75) is 6.61 Å². The lowest BCUT2D eigenvalue weighted by Crippen LogP contribution is -2.19. The molecule has 0 bridgehead atoms. The first-order valence-corrected chi connectivity index (χ1v) is 11.5. The molecule has 1 aliphatic heterocycles. The highest BCUT2D eigenvalue weighted by atomic mass is 79.9. The van der Waals surface area contributed by atoms with Crippen LogP contribution < -0.4 is 10.1 Å². The molecule has 0 spiro atoms. The van der Waals surface area contributed by atoms with Crippen LogP contribution in [0.2, 0.25) is 10.0 Å². The van der Waals surface area contributed by atoms with Crippen LogP contribution in [0.15, 0.2) is 81.1 Å². The summed E-state index contributed by atoms with van der Waals surface area (Å²) in [5.74, 6) is 0.394. The second-order valence-corrected chi connectivity index (χ2v) is 9.38. The molecule has 1 aliphatic rings. The van der Waals surface area contributed by atoms with Crippen molar-refractivity contribution < 1.29 is 9.53 Å². The van der Waals surface area contributed by atoms with Gasteiger partial charge < -0.3 is 10.1 Å². The number of benzene rings is 3. The Morgan fingerprint density at radius 1 is 1.03 bits per heavy atom. The van der Waals surface area contributed by atoms with Gasteiger partial charge in [0.2, 0.25) is 0 Å².